The third-order valence-electron chi connectivity index (χ3n) is 6.44. The summed E-state index contributed by atoms with van der Waals surface area (Å²) in [5.74, 6) is -0.641. The van der Waals surface area contributed by atoms with Crippen molar-refractivity contribution < 1.29 is 14.4 Å². The smallest absolute Gasteiger partial charge is 0.323 e. The maximum Gasteiger partial charge on any atom is 0.323 e. The maximum atomic E-state index is 13.4. The fourth-order valence-electron chi connectivity index (χ4n) is 4.47. The molecule has 1 atom stereocenters. The molecule has 0 radical (unpaired) electrons. The molecule has 0 aromatic heterocycles. The molecule has 1 aliphatic carbocycles. The minimum Gasteiger partial charge on any atom is -0.350 e. The van der Waals surface area contributed by atoms with Crippen LogP contribution in [-0.2, 0) is 4.79 Å². The first-order chi connectivity index (χ1) is 16.3. The number of carbonyl (C=O) groups excluding carboxylic acids is 3. The summed E-state index contributed by atoms with van der Waals surface area (Å²) in [7, 11) is 0. The quantitative estimate of drug-likeness (QED) is 0.619. The third-order valence-corrected chi connectivity index (χ3v) is 6.69. The molecule has 0 spiro atoms. The summed E-state index contributed by atoms with van der Waals surface area (Å²) < 4.78 is 0. The van der Waals surface area contributed by atoms with E-state index in [9.17, 15) is 14.4 Å². The highest BCUT2D eigenvalue weighted by molar-refractivity contribution is 6.30. The van der Waals surface area contributed by atoms with Gasteiger partial charge in [0.1, 0.15) is 0 Å². The molecule has 1 heterocycles. The number of carbonyl (C=O) groups is 3. The molecule has 2 fully saturated rings. The van der Waals surface area contributed by atoms with Crippen LogP contribution in [0.15, 0.2) is 48.5 Å². The number of amides is 4. The van der Waals surface area contributed by atoms with Crippen LogP contribution in [0.1, 0.15) is 41.6 Å². The fourth-order valence-corrected chi connectivity index (χ4v) is 4.59. The minimum absolute atomic E-state index is 0.0228. The van der Waals surface area contributed by atoms with Gasteiger partial charge >= 0.3 is 6.03 Å². The summed E-state index contributed by atoms with van der Waals surface area (Å²) in [6.45, 7) is 2.44. The van der Waals surface area contributed by atoms with E-state index in [0.29, 0.717) is 16.3 Å². The molecule has 4 amide bonds. The number of halogens is 1. The van der Waals surface area contributed by atoms with Crippen LogP contribution in [0.4, 0.5) is 10.5 Å². The summed E-state index contributed by atoms with van der Waals surface area (Å²) >= 11 is 5.94. The SMILES string of the molecule is Cc1ccc(C(=O)N2CCN(C(=O)Nc3ccc(Cl)cc3)C2C(=O)NC2CCC(N)CC2)cc1. The van der Waals surface area contributed by atoms with Crippen LogP contribution in [0.5, 0.6) is 0 Å². The number of benzene rings is 2. The Morgan fingerprint density at radius 1 is 0.912 bits per heavy atom. The molecule has 34 heavy (non-hydrogen) atoms. The zero-order valence-corrected chi connectivity index (χ0v) is 19.9. The molecule has 9 heteroatoms. The summed E-state index contributed by atoms with van der Waals surface area (Å²) in [6, 6.07) is 13.6. The number of aryl methyl sites for hydroxylation is 1. The Morgan fingerprint density at radius 2 is 1.53 bits per heavy atom. The Balaban J connectivity index is 1.54. The third kappa shape index (κ3) is 5.51. The summed E-state index contributed by atoms with van der Waals surface area (Å²) in [6.07, 6.45) is 2.19. The van der Waals surface area contributed by atoms with Crippen molar-refractivity contribution in [1.29, 1.82) is 0 Å². The predicted molar refractivity (Wildman–Crippen MR) is 132 cm³/mol. The van der Waals surface area contributed by atoms with Gasteiger partial charge in [0.25, 0.3) is 11.8 Å². The number of urea groups is 1. The van der Waals surface area contributed by atoms with E-state index in [1.165, 1.54) is 9.80 Å². The average molecular weight is 484 g/mol. The van der Waals surface area contributed by atoms with Gasteiger partial charge in [-0.2, -0.15) is 0 Å². The molecule has 1 saturated carbocycles. The van der Waals surface area contributed by atoms with Crippen LogP contribution < -0.4 is 16.4 Å². The van der Waals surface area contributed by atoms with Crippen LogP contribution in [0.3, 0.4) is 0 Å². The van der Waals surface area contributed by atoms with E-state index < -0.39 is 12.2 Å². The van der Waals surface area contributed by atoms with Crippen molar-refractivity contribution in [2.75, 3.05) is 18.4 Å². The minimum atomic E-state index is -1.04. The van der Waals surface area contributed by atoms with Gasteiger partial charge in [-0.05, 0) is 69.0 Å². The van der Waals surface area contributed by atoms with Crippen molar-refractivity contribution in [2.24, 2.45) is 5.73 Å². The number of hydrogen-bond acceptors (Lipinski definition) is 4. The first kappa shape index (κ1) is 24.0. The van der Waals surface area contributed by atoms with Crippen molar-refractivity contribution in [3.8, 4) is 0 Å². The second kappa shape index (κ2) is 10.4. The van der Waals surface area contributed by atoms with E-state index in [2.05, 4.69) is 10.6 Å². The number of nitrogens with zero attached hydrogens (tertiary/aromatic N) is 2. The normalized spacial score (nSPS) is 22.4. The van der Waals surface area contributed by atoms with E-state index in [-0.39, 0.29) is 37.0 Å². The molecule has 2 aliphatic rings. The van der Waals surface area contributed by atoms with Crippen LogP contribution in [0, 0.1) is 6.92 Å². The highest BCUT2D eigenvalue weighted by Gasteiger charge is 2.43. The first-order valence-electron chi connectivity index (χ1n) is 11.6. The van der Waals surface area contributed by atoms with Crippen LogP contribution in [0.2, 0.25) is 5.02 Å². The van der Waals surface area contributed by atoms with Gasteiger partial charge in [0.15, 0.2) is 6.17 Å². The van der Waals surface area contributed by atoms with E-state index >= 15 is 0 Å². The first-order valence-corrected chi connectivity index (χ1v) is 12.0. The highest BCUT2D eigenvalue weighted by atomic mass is 35.5. The Labute approximate surface area is 204 Å². The number of anilines is 1. The lowest BCUT2D eigenvalue weighted by Gasteiger charge is -2.32. The van der Waals surface area contributed by atoms with E-state index in [1.54, 1.807) is 36.4 Å². The maximum absolute atomic E-state index is 13.4. The van der Waals surface area contributed by atoms with Gasteiger partial charge in [0.2, 0.25) is 0 Å². The summed E-state index contributed by atoms with van der Waals surface area (Å²) in [5, 5.41) is 6.42. The van der Waals surface area contributed by atoms with Gasteiger partial charge in [0, 0.05) is 41.4 Å². The van der Waals surface area contributed by atoms with Crippen molar-refractivity contribution >= 4 is 35.1 Å². The number of nitrogens with two attached hydrogens (primary N) is 1. The van der Waals surface area contributed by atoms with Crippen LogP contribution in [-0.4, -0.2) is 59.0 Å². The molecule has 1 unspecified atom stereocenters. The zero-order chi connectivity index (χ0) is 24.2. The van der Waals surface area contributed by atoms with E-state index in [4.69, 9.17) is 17.3 Å². The lowest BCUT2D eigenvalue weighted by atomic mass is 9.92. The summed E-state index contributed by atoms with van der Waals surface area (Å²) in [5.41, 5.74) is 8.06. The molecule has 4 rings (SSSR count). The van der Waals surface area contributed by atoms with Gasteiger partial charge in [-0.25, -0.2) is 4.79 Å². The molecule has 0 bridgehead atoms. The van der Waals surface area contributed by atoms with Gasteiger partial charge in [0.05, 0.1) is 0 Å². The largest absolute Gasteiger partial charge is 0.350 e. The Hall–Kier alpha value is -3.10. The number of hydrogen-bond donors (Lipinski definition) is 3. The summed E-state index contributed by atoms with van der Waals surface area (Å²) in [4.78, 5) is 42.8. The lowest BCUT2D eigenvalue weighted by molar-refractivity contribution is -0.128. The standard InChI is InChI=1S/C25H30ClN5O3/c1-16-2-4-17(5-3-16)24(33)30-14-15-31(25(34)29-21-10-6-18(26)7-11-21)23(30)22(32)28-20-12-8-19(27)9-13-20/h2-7,10-11,19-20,23H,8-9,12-15,27H2,1H3,(H,28,32)(H,29,34). The van der Waals surface area contributed by atoms with Crippen molar-refractivity contribution in [3.63, 3.8) is 0 Å². The molecule has 8 nitrogen and oxygen atoms in total. The average Bonchev–Trinajstić information content (AvgIpc) is 3.28. The van der Waals surface area contributed by atoms with E-state index in [1.807, 2.05) is 19.1 Å². The number of rotatable bonds is 4. The van der Waals surface area contributed by atoms with Gasteiger partial charge in [-0.1, -0.05) is 29.3 Å². The zero-order valence-electron chi connectivity index (χ0n) is 19.2. The molecule has 1 aliphatic heterocycles. The molecule has 1 saturated heterocycles. The van der Waals surface area contributed by atoms with E-state index in [0.717, 1.165) is 31.2 Å². The van der Waals surface area contributed by atoms with Crippen molar-refractivity contribution in [3.05, 3.63) is 64.7 Å². The predicted octanol–water partition coefficient (Wildman–Crippen LogP) is 3.35. The van der Waals surface area contributed by atoms with Crippen LogP contribution >= 0.6 is 11.6 Å². The van der Waals surface area contributed by atoms with Crippen molar-refractivity contribution in [2.45, 2.75) is 50.9 Å². The molecular formula is C25H30ClN5O3. The number of nitrogens with one attached hydrogen (secondary N) is 2. The fraction of sp³-hybridized carbons (Fsp3) is 0.400. The second-order valence-electron chi connectivity index (χ2n) is 8.99. The lowest BCUT2D eigenvalue weighted by Crippen LogP contribution is -2.56. The van der Waals surface area contributed by atoms with Gasteiger partial charge in [-0.15, -0.1) is 0 Å². The molecular weight excluding hydrogens is 454 g/mol. The topological polar surface area (TPSA) is 108 Å². The van der Waals surface area contributed by atoms with Crippen molar-refractivity contribution in [1.82, 2.24) is 15.1 Å². The molecule has 180 valence electrons. The Bertz CT molecular complexity index is 1040. The highest BCUT2D eigenvalue weighted by Crippen LogP contribution is 2.23. The molecule has 2 aromatic rings. The second-order valence-corrected chi connectivity index (χ2v) is 9.43. The van der Waals surface area contributed by atoms with Crippen LogP contribution in [0.25, 0.3) is 0 Å². The Kier molecular flexibility index (Phi) is 7.38. The molecule has 2 aromatic carbocycles. The monoisotopic (exact) mass is 483 g/mol. The Morgan fingerprint density at radius 3 is 2.18 bits per heavy atom. The molecule has 4 N–H and O–H groups in total. The van der Waals surface area contributed by atoms with Gasteiger partial charge < -0.3 is 21.3 Å². The van der Waals surface area contributed by atoms with Gasteiger partial charge in [-0.3, -0.25) is 14.5 Å².